The smallest absolute Gasteiger partial charge is 0.230 e. The standard InChI is InChI=1S/C22H28N6OS/c1-16-12-17(2)14-18(13-16)27-11-9-24-22(27)30-15-21(29)23-8-7-20-26-25-19-6-4-3-5-10-28(19)20/h9,11-14H,3-8,10,15H2,1-2H3,(H,23,29). The molecular formula is C22H28N6OS. The Hall–Kier alpha value is -2.61. The van der Waals surface area contributed by atoms with Gasteiger partial charge < -0.3 is 9.88 Å². The van der Waals surface area contributed by atoms with E-state index in [1.54, 1.807) is 6.20 Å². The molecule has 1 aromatic carbocycles. The number of imidazole rings is 1. The molecule has 0 radical (unpaired) electrons. The van der Waals surface area contributed by atoms with Crippen molar-refractivity contribution < 1.29 is 4.79 Å². The molecule has 7 nitrogen and oxygen atoms in total. The van der Waals surface area contributed by atoms with Gasteiger partial charge in [-0.25, -0.2) is 4.98 Å². The summed E-state index contributed by atoms with van der Waals surface area (Å²) in [5.41, 5.74) is 3.48. The largest absolute Gasteiger partial charge is 0.355 e. The number of benzene rings is 1. The lowest BCUT2D eigenvalue weighted by Gasteiger charge is -2.10. The third kappa shape index (κ3) is 4.92. The van der Waals surface area contributed by atoms with E-state index in [1.165, 1.54) is 42.2 Å². The number of nitrogens with zero attached hydrogens (tertiary/aromatic N) is 5. The minimum absolute atomic E-state index is 0.00516. The molecule has 0 saturated carbocycles. The molecule has 2 aromatic heterocycles. The summed E-state index contributed by atoms with van der Waals surface area (Å²) in [4.78, 5) is 16.8. The fourth-order valence-corrected chi connectivity index (χ4v) is 4.71. The SMILES string of the molecule is Cc1cc(C)cc(-n2ccnc2SCC(=O)NCCc2nnc3n2CCCCC3)c1. The highest BCUT2D eigenvalue weighted by Gasteiger charge is 2.15. The second-order valence-corrected chi connectivity index (χ2v) is 8.75. The Kier molecular flexibility index (Phi) is 6.52. The van der Waals surface area contributed by atoms with Crippen LogP contribution >= 0.6 is 11.8 Å². The first-order valence-electron chi connectivity index (χ1n) is 10.5. The average molecular weight is 425 g/mol. The molecule has 0 atom stereocenters. The maximum Gasteiger partial charge on any atom is 0.230 e. The third-order valence-corrected chi connectivity index (χ3v) is 6.25. The molecule has 3 aromatic rings. The molecule has 8 heteroatoms. The van der Waals surface area contributed by atoms with Gasteiger partial charge in [0.05, 0.1) is 5.75 Å². The lowest BCUT2D eigenvalue weighted by molar-refractivity contribution is -0.118. The lowest BCUT2D eigenvalue weighted by atomic mass is 10.1. The van der Waals surface area contributed by atoms with Crippen molar-refractivity contribution in [2.24, 2.45) is 0 Å². The molecule has 0 saturated heterocycles. The molecule has 0 unspecified atom stereocenters. The van der Waals surface area contributed by atoms with E-state index in [-0.39, 0.29) is 5.91 Å². The van der Waals surface area contributed by atoms with E-state index in [0.29, 0.717) is 18.7 Å². The third-order valence-electron chi connectivity index (χ3n) is 5.28. The van der Waals surface area contributed by atoms with Crippen molar-refractivity contribution in [3.8, 4) is 5.69 Å². The summed E-state index contributed by atoms with van der Waals surface area (Å²) < 4.78 is 4.26. The highest BCUT2D eigenvalue weighted by Crippen LogP contribution is 2.22. The molecule has 4 rings (SSSR count). The van der Waals surface area contributed by atoms with Gasteiger partial charge in [-0.05, 0) is 49.9 Å². The number of carbonyl (C=O) groups excluding carboxylic acids is 1. The fourth-order valence-electron chi connectivity index (χ4n) is 3.91. The molecule has 0 spiro atoms. The van der Waals surface area contributed by atoms with Gasteiger partial charge in [0.1, 0.15) is 11.6 Å². The first-order valence-corrected chi connectivity index (χ1v) is 11.5. The van der Waals surface area contributed by atoms with Crippen LogP contribution in [0.15, 0.2) is 35.7 Å². The highest BCUT2D eigenvalue weighted by molar-refractivity contribution is 7.99. The Morgan fingerprint density at radius 1 is 1.13 bits per heavy atom. The van der Waals surface area contributed by atoms with Gasteiger partial charge in [0.2, 0.25) is 5.91 Å². The van der Waals surface area contributed by atoms with Gasteiger partial charge in [0.15, 0.2) is 5.16 Å². The zero-order chi connectivity index (χ0) is 20.9. The summed E-state index contributed by atoms with van der Waals surface area (Å²) in [6.07, 6.45) is 9.02. The number of carbonyl (C=O) groups is 1. The first kappa shape index (κ1) is 20.7. The molecule has 0 fully saturated rings. The van der Waals surface area contributed by atoms with Crippen molar-refractivity contribution in [2.45, 2.75) is 57.7 Å². The van der Waals surface area contributed by atoms with Crippen LogP contribution in [0, 0.1) is 13.8 Å². The van der Waals surface area contributed by atoms with Crippen LogP contribution in [-0.2, 0) is 24.2 Å². The van der Waals surface area contributed by atoms with Crippen LogP contribution in [0.5, 0.6) is 0 Å². The number of aromatic nitrogens is 5. The molecule has 0 bridgehead atoms. The van der Waals surface area contributed by atoms with E-state index in [2.05, 4.69) is 57.1 Å². The van der Waals surface area contributed by atoms with E-state index >= 15 is 0 Å². The van der Waals surface area contributed by atoms with Crippen molar-refractivity contribution in [2.75, 3.05) is 12.3 Å². The molecule has 3 heterocycles. The zero-order valence-corrected chi connectivity index (χ0v) is 18.4. The van der Waals surface area contributed by atoms with Crippen molar-refractivity contribution in [1.82, 2.24) is 29.6 Å². The average Bonchev–Trinajstić information content (AvgIpc) is 3.26. The van der Waals surface area contributed by atoms with E-state index in [9.17, 15) is 4.79 Å². The fraction of sp³-hybridized carbons (Fsp3) is 0.455. The first-order chi connectivity index (χ1) is 14.6. The number of thioether (sulfide) groups is 1. The van der Waals surface area contributed by atoms with Gasteiger partial charge in [-0.1, -0.05) is 24.2 Å². The second kappa shape index (κ2) is 9.47. The Balaban J connectivity index is 1.29. The van der Waals surface area contributed by atoms with Gasteiger partial charge >= 0.3 is 0 Å². The topological polar surface area (TPSA) is 77.6 Å². The van der Waals surface area contributed by atoms with E-state index < -0.39 is 0 Å². The second-order valence-electron chi connectivity index (χ2n) is 7.81. The van der Waals surface area contributed by atoms with Crippen LogP contribution in [-0.4, -0.2) is 42.5 Å². The number of hydrogen-bond donors (Lipinski definition) is 1. The van der Waals surface area contributed by atoms with Crippen molar-refractivity contribution >= 4 is 17.7 Å². The van der Waals surface area contributed by atoms with Crippen molar-refractivity contribution in [3.05, 3.63) is 53.4 Å². The number of nitrogens with one attached hydrogen (secondary N) is 1. The van der Waals surface area contributed by atoms with Crippen molar-refractivity contribution in [1.29, 1.82) is 0 Å². The molecule has 0 aliphatic carbocycles. The van der Waals surface area contributed by atoms with Gasteiger partial charge in [-0.3, -0.25) is 9.36 Å². The molecule has 30 heavy (non-hydrogen) atoms. The summed E-state index contributed by atoms with van der Waals surface area (Å²) >= 11 is 1.45. The van der Waals surface area contributed by atoms with Gasteiger partial charge in [-0.2, -0.15) is 0 Å². The van der Waals surface area contributed by atoms with Crippen LogP contribution in [0.1, 0.15) is 42.0 Å². The van der Waals surface area contributed by atoms with Crippen LogP contribution in [0.2, 0.25) is 0 Å². The normalized spacial score (nSPS) is 13.7. The number of fused-ring (bicyclic) bond motifs is 1. The van der Waals surface area contributed by atoms with Crippen LogP contribution < -0.4 is 5.32 Å². The van der Waals surface area contributed by atoms with E-state index in [1.807, 2.05) is 10.8 Å². The lowest BCUT2D eigenvalue weighted by Crippen LogP contribution is -2.28. The maximum atomic E-state index is 12.4. The van der Waals surface area contributed by atoms with Gasteiger partial charge in [-0.15, -0.1) is 10.2 Å². The molecule has 1 aliphatic rings. The predicted molar refractivity (Wildman–Crippen MR) is 118 cm³/mol. The number of amides is 1. The Morgan fingerprint density at radius 2 is 1.97 bits per heavy atom. The summed E-state index contributed by atoms with van der Waals surface area (Å²) in [6, 6.07) is 6.40. The molecule has 1 amide bonds. The number of rotatable bonds is 7. The molecule has 158 valence electrons. The van der Waals surface area contributed by atoms with Gasteiger partial charge in [0.25, 0.3) is 0 Å². The minimum atomic E-state index is 0.00516. The van der Waals surface area contributed by atoms with Crippen molar-refractivity contribution in [3.63, 3.8) is 0 Å². The monoisotopic (exact) mass is 424 g/mol. The minimum Gasteiger partial charge on any atom is -0.355 e. The Bertz CT molecular complexity index is 1000. The summed E-state index contributed by atoms with van der Waals surface area (Å²) in [5, 5.41) is 12.5. The Labute approximate surface area is 181 Å². The maximum absolute atomic E-state index is 12.4. The van der Waals surface area contributed by atoms with Crippen LogP contribution in [0.4, 0.5) is 0 Å². The summed E-state index contributed by atoms with van der Waals surface area (Å²) in [6.45, 7) is 5.73. The van der Waals surface area contributed by atoms with E-state index in [0.717, 1.165) is 35.5 Å². The van der Waals surface area contributed by atoms with E-state index in [4.69, 9.17) is 0 Å². The number of aryl methyl sites for hydroxylation is 3. The van der Waals surface area contributed by atoms with Crippen LogP contribution in [0.3, 0.4) is 0 Å². The van der Waals surface area contributed by atoms with Crippen LogP contribution in [0.25, 0.3) is 5.69 Å². The molecular weight excluding hydrogens is 396 g/mol. The number of hydrogen-bond acceptors (Lipinski definition) is 5. The quantitative estimate of drug-likeness (QED) is 0.589. The molecule has 1 N–H and O–H groups in total. The predicted octanol–water partition coefficient (Wildman–Crippen LogP) is 3.26. The summed E-state index contributed by atoms with van der Waals surface area (Å²) in [5.74, 6) is 2.40. The van der Waals surface area contributed by atoms with Gasteiger partial charge in [0, 0.05) is 44.0 Å². The zero-order valence-electron chi connectivity index (χ0n) is 17.6. The Morgan fingerprint density at radius 3 is 2.80 bits per heavy atom. The molecule has 1 aliphatic heterocycles. The summed E-state index contributed by atoms with van der Waals surface area (Å²) in [7, 11) is 0. The highest BCUT2D eigenvalue weighted by atomic mass is 32.2.